The fourth-order valence-electron chi connectivity index (χ4n) is 1.28. The van der Waals surface area contributed by atoms with Crippen LogP contribution in [0.1, 0.15) is 23.7 Å². The highest BCUT2D eigenvalue weighted by Gasteiger charge is 2.08. The van der Waals surface area contributed by atoms with E-state index in [1.165, 1.54) is 19.4 Å². The van der Waals surface area contributed by atoms with Crippen LogP contribution in [-0.4, -0.2) is 20.0 Å². The van der Waals surface area contributed by atoms with Crippen molar-refractivity contribution in [3.63, 3.8) is 0 Å². The molecule has 0 aromatic heterocycles. The summed E-state index contributed by atoms with van der Waals surface area (Å²) in [6, 6.07) is 7.11. The van der Waals surface area contributed by atoms with Crippen molar-refractivity contribution in [3.8, 4) is 0 Å². The molecule has 0 aliphatic rings. The summed E-state index contributed by atoms with van der Waals surface area (Å²) in [5, 5.41) is 1.24. The van der Waals surface area contributed by atoms with Gasteiger partial charge in [-0.2, -0.15) is 0 Å². The van der Waals surface area contributed by atoms with E-state index in [9.17, 15) is 4.79 Å². The predicted molar refractivity (Wildman–Crippen MR) is 57.6 cm³/mol. The van der Waals surface area contributed by atoms with Crippen molar-refractivity contribution in [3.05, 3.63) is 29.8 Å². The monoisotopic (exact) mass is 209 g/mol. The van der Waals surface area contributed by atoms with Crippen LogP contribution in [0.2, 0.25) is 0 Å². The van der Waals surface area contributed by atoms with Crippen LogP contribution in [0, 0.1) is 0 Å². The Morgan fingerprint density at radius 1 is 1.33 bits per heavy atom. The van der Waals surface area contributed by atoms with Gasteiger partial charge in [0.15, 0.2) is 5.78 Å². The predicted octanol–water partition coefficient (Wildman–Crippen LogP) is 2.21. The number of carbonyl (C=O) groups excluding carboxylic acids is 1. The molecule has 0 heterocycles. The number of hydrogen-bond acceptors (Lipinski definition) is 4. The molecule has 15 heavy (non-hydrogen) atoms. The molecule has 1 rings (SSSR count). The van der Waals surface area contributed by atoms with Gasteiger partial charge in [-0.3, -0.25) is 14.5 Å². The lowest BCUT2D eigenvalue weighted by molar-refractivity contribution is -0.0433. The fraction of sp³-hybridized carbons (Fsp3) is 0.364. The molecule has 1 aromatic rings. The van der Waals surface area contributed by atoms with E-state index in [0.29, 0.717) is 17.7 Å². The number of carbonyl (C=O) groups is 1. The number of Topliss-reactive ketones (excluding diaryl/α,β-unsaturated/α-hetero) is 1. The van der Waals surface area contributed by atoms with Crippen molar-refractivity contribution in [1.82, 2.24) is 0 Å². The second-order valence-electron chi connectivity index (χ2n) is 2.95. The van der Waals surface area contributed by atoms with Gasteiger partial charge in [-0.15, -0.1) is 5.23 Å². The Labute approximate surface area is 89.3 Å². The van der Waals surface area contributed by atoms with Crippen LogP contribution in [0.3, 0.4) is 0 Å². The molecule has 4 heteroatoms. The molecule has 0 bridgehead atoms. The minimum absolute atomic E-state index is 0.101. The molecule has 0 radical (unpaired) electrons. The average molecular weight is 209 g/mol. The largest absolute Gasteiger partial charge is 0.294 e. The summed E-state index contributed by atoms with van der Waals surface area (Å²) in [4.78, 5) is 21.4. The molecule has 4 nitrogen and oxygen atoms in total. The SMILES string of the molecule is CCC(=O)c1cccc(N(OC)OC)c1. The van der Waals surface area contributed by atoms with E-state index in [-0.39, 0.29) is 5.78 Å². The summed E-state index contributed by atoms with van der Waals surface area (Å²) >= 11 is 0. The Bertz CT molecular complexity index is 334. The number of benzene rings is 1. The first-order valence-electron chi connectivity index (χ1n) is 4.74. The Kier molecular flexibility index (Phi) is 4.27. The number of anilines is 1. The third-order valence-electron chi connectivity index (χ3n) is 2.03. The summed E-state index contributed by atoms with van der Waals surface area (Å²) < 4.78 is 0. The highest BCUT2D eigenvalue weighted by molar-refractivity contribution is 5.96. The summed E-state index contributed by atoms with van der Waals surface area (Å²) in [6.07, 6.45) is 0.490. The summed E-state index contributed by atoms with van der Waals surface area (Å²) in [5.74, 6) is 0.101. The topological polar surface area (TPSA) is 38.8 Å². The quantitative estimate of drug-likeness (QED) is 0.550. The van der Waals surface area contributed by atoms with Crippen LogP contribution in [0.15, 0.2) is 24.3 Å². The van der Waals surface area contributed by atoms with Gasteiger partial charge in [-0.25, -0.2) is 0 Å². The zero-order valence-corrected chi connectivity index (χ0v) is 9.19. The minimum atomic E-state index is 0.101. The molecule has 0 unspecified atom stereocenters. The molecular formula is C11H15NO3. The maximum absolute atomic E-state index is 11.5. The van der Waals surface area contributed by atoms with Gasteiger partial charge < -0.3 is 0 Å². The van der Waals surface area contributed by atoms with Crippen LogP contribution in [0.4, 0.5) is 5.69 Å². The van der Waals surface area contributed by atoms with Gasteiger partial charge in [0.05, 0.1) is 19.9 Å². The highest BCUT2D eigenvalue weighted by Crippen LogP contribution is 2.17. The van der Waals surface area contributed by atoms with E-state index >= 15 is 0 Å². The molecule has 0 aliphatic carbocycles. The van der Waals surface area contributed by atoms with Gasteiger partial charge in [0, 0.05) is 12.0 Å². The van der Waals surface area contributed by atoms with E-state index < -0.39 is 0 Å². The van der Waals surface area contributed by atoms with Crippen molar-refractivity contribution in [2.24, 2.45) is 0 Å². The van der Waals surface area contributed by atoms with Gasteiger partial charge in [0.1, 0.15) is 0 Å². The van der Waals surface area contributed by atoms with E-state index in [0.717, 1.165) is 0 Å². The lowest BCUT2D eigenvalue weighted by Crippen LogP contribution is -2.19. The van der Waals surface area contributed by atoms with Crippen molar-refractivity contribution in [2.45, 2.75) is 13.3 Å². The van der Waals surface area contributed by atoms with Crippen molar-refractivity contribution in [1.29, 1.82) is 0 Å². The van der Waals surface area contributed by atoms with Crippen molar-refractivity contribution < 1.29 is 14.5 Å². The molecular weight excluding hydrogens is 194 g/mol. The van der Waals surface area contributed by atoms with Gasteiger partial charge in [0.25, 0.3) is 0 Å². The Morgan fingerprint density at radius 2 is 2.00 bits per heavy atom. The number of nitrogens with zero attached hydrogens (tertiary/aromatic N) is 1. The lowest BCUT2D eigenvalue weighted by Gasteiger charge is -2.18. The summed E-state index contributed by atoms with van der Waals surface area (Å²) in [6.45, 7) is 1.83. The van der Waals surface area contributed by atoms with E-state index in [4.69, 9.17) is 9.68 Å². The molecule has 0 saturated carbocycles. The lowest BCUT2D eigenvalue weighted by atomic mass is 10.1. The molecule has 1 aromatic carbocycles. The first-order chi connectivity index (χ1) is 7.22. The van der Waals surface area contributed by atoms with Crippen LogP contribution < -0.4 is 5.23 Å². The molecule has 0 spiro atoms. The maximum atomic E-state index is 11.5. The van der Waals surface area contributed by atoms with Crippen LogP contribution in [0.25, 0.3) is 0 Å². The fourth-order valence-corrected chi connectivity index (χ4v) is 1.28. The second-order valence-corrected chi connectivity index (χ2v) is 2.95. The Morgan fingerprint density at radius 3 is 2.53 bits per heavy atom. The molecule has 0 atom stereocenters. The van der Waals surface area contributed by atoms with Gasteiger partial charge >= 0.3 is 0 Å². The normalized spacial score (nSPS) is 10.1. The smallest absolute Gasteiger partial charge is 0.162 e. The van der Waals surface area contributed by atoms with Crippen molar-refractivity contribution >= 4 is 11.5 Å². The van der Waals surface area contributed by atoms with Gasteiger partial charge in [-0.1, -0.05) is 19.1 Å². The summed E-state index contributed by atoms with van der Waals surface area (Å²) in [5.41, 5.74) is 1.36. The second kappa shape index (κ2) is 5.48. The highest BCUT2D eigenvalue weighted by atomic mass is 16.9. The number of hydrogen-bond donors (Lipinski definition) is 0. The molecule has 0 aliphatic heterocycles. The average Bonchev–Trinajstić information content (AvgIpc) is 2.30. The number of rotatable bonds is 5. The third kappa shape index (κ3) is 2.78. The zero-order valence-electron chi connectivity index (χ0n) is 9.19. The van der Waals surface area contributed by atoms with E-state index in [1.54, 1.807) is 24.3 Å². The molecule has 0 N–H and O–H groups in total. The zero-order chi connectivity index (χ0) is 11.3. The standard InChI is InChI=1S/C11H15NO3/c1-4-11(13)9-6-5-7-10(8-9)12(14-2)15-3/h5-8H,4H2,1-3H3. The first-order valence-corrected chi connectivity index (χ1v) is 4.74. The minimum Gasteiger partial charge on any atom is -0.294 e. The third-order valence-corrected chi connectivity index (χ3v) is 2.03. The van der Waals surface area contributed by atoms with Crippen molar-refractivity contribution in [2.75, 3.05) is 19.4 Å². The first kappa shape index (κ1) is 11.7. The molecule has 0 fully saturated rings. The molecule has 0 saturated heterocycles. The Hall–Kier alpha value is -1.39. The van der Waals surface area contributed by atoms with Gasteiger partial charge in [0.2, 0.25) is 0 Å². The van der Waals surface area contributed by atoms with Crippen LogP contribution >= 0.6 is 0 Å². The van der Waals surface area contributed by atoms with E-state index in [2.05, 4.69) is 0 Å². The molecule has 0 amide bonds. The Balaban J connectivity index is 2.96. The maximum Gasteiger partial charge on any atom is 0.162 e. The summed E-state index contributed by atoms with van der Waals surface area (Å²) in [7, 11) is 3.00. The van der Waals surface area contributed by atoms with Crippen LogP contribution in [-0.2, 0) is 9.68 Å². The van der Waals surface area contributed by atoms with E-state index in [1.807, 2.05) is 6.92 Å². The number of ketones is 1. The van der Waals surface area contributed by atoms with Crippen LogP contribution in [0.5, 0.6) is 0 Å². The van der Waals surface area contributed by atoms with Gasteiger partial charge in [-0.05, 0) is 12.1 Å². The molecule has 82 valence electrons.